The van der Waals surface area contributed by atoms with Crippen molar-refractivity contribution < 1.29 is 4.79 Å². The van der Waals surface area contributed by atoms with E-state index in [-0.39, 0.29) is 5.91 Å². The normalized spacial score (nSPS) is 10.9. The van der Waals surface area contributed by atoms with Gasteiger partial charge in [-0.3, -0.25) is 4.79 Å². The molecule has 0 unspecified atom stereocenters. The molecule has 2 aromatic carbocycles. The molecule has 1 aromatic heterocycles. The first-order chi connectivity index (χ1) is 11.1. The summed E-state index contributed by atoms with van der Waals surface area (Å²) in [5, 5.41) is 0.679. The first kappa shape index (κ1) is 16.3. The number of hydrogen-bond donors (Lipinski definition) is 0. The minimum absolute atomic E-state index is 0.0936. The van der Waals surface area contributed by atoms with Gasteiger partial charge in [-0.2, -0.15) is 0 Å². The molecule has 3 nitrogen and oxygen atoms in total. The van der Waals surface area contributed by atoms with Crippen LogP contribution in [0.25, 0.3) is 10.2 Å². The standard InChI is InChI=1S/C17H15ClN2OS2/c1-20(10-12-5-3-2-4-6-12)16(21)11-22-17-19-14-9-13(18)7-8-15(14)23-17/h2-9H,10-11H2,1H3. The number of carbonyl (C=O) groups is 1. The maximum Gasteiger partial charge on any atom is 0.233 e. The molecular formula is C17H15ClN2OS2. The Balaban J connectivity index is 1.59. The van der Waals surface area contributed by atoms with Crippen molar-refractivity contribution in [2.75, 3.05) is 12.8 Å². The number of benzene rings is 2. The van der Waals surface area contributed by atoms with E-state index in [0.717, 1.165) is 20.1 Å². The van der Waals surface area contributed by atoms with Crippen LogP contribution in [0.15, 0.2) is 52.9 Å². The summed E-state index contributed by atoms with van der Waals surface area (Å²) in [5.41, 5.74) is 2.01. The summed E-state index contributed by atoms with van der Waals surface area (Å²) in [7, 11) is 1.83. The van der Waals surface area contributed by atoms with Crippen molar-refractivity contribution in [3.05, 3.63) is 59.1 Å². The summed E-state index contributed by atoms with van der Waals surface area (Å²) in [4.78, 5) is 18.5. The van der Waals surface area contributed by atoms with Crippen LogP contribution < -0.4 is 0 Å². The van der Waals surface area contributed by atoms with E-state index in [1.165, 1.54) is 11.8 Å². The summed E-state index contributed by atoms with van der Waals surface area (Å²) in [6.07, 6.45) is 0. The van der Waals surface area contributed by atoms with E-state index in [1.807, 2.05) is 55.6 Å². The second-order valence-corrected chi connectivity index (χ2v) is 7.81. The zero-order chi connectivity index (χ0) is 16.2. The lowest BCUT2D eigenvalue weighted by Crippen LogP contribution is -2.27. The zero-order valence-corrected chi connectivity index (χ0v) is 14.9. The van der Waals surface area contributed by atoms with Gasteiger partial charge >= 0.3 is 0 Å². The monoisotopic (exact) mass is 362 g/mol. The van der Waals surface area contributed by atoms with Gasteiger partial charge in [0.1, 0.15) is 0 Å². The highest BCUT2D eigenvalue weighted by Gasteiger charge is 2.12. The Morgan fingerprint density at radius 1 is 1.26 bits per heavy atom. The van der Waals surface area contributed by atoms with E-state index in [0.29, 0.717) is 17.3 Å². The molecule has 1 amide bonds. The van der Waals surface area contributed by atoms with Gasteiger partial charge in [0.2, 0.25) is 5.91 Å². The van der Waals surface area contributed by atoms with E-state index in [4.69, 9.17) is 11.6 Å². The van der Waals surface area contributed by atoms with Gasteiger partial charge in [-0.05, 0) is 23.8 Å². The first-order valence-corrected chi connectivity index (χ1v) is 9.26. The second kappa shape index (κ2) is 7.34. The van der Waals surface area contributed by atoms with Crippen molar-refractivity contribution in [2.24, 2.45) is 0 Å². The van der Waals surface area contributed by atoms with Gasteiger partial charge in [-0.25, -0.2) is 4.98 Å². The first-order valence-electron chi connectivity index (χ1n) is 7.08. The third-order valence-corrected chi connectivity index (χ3v) is 5.74. The molecule has 0 aliphatic carbocycles. The van der Waals surface area contributed by atoms with E-state index in [9.17, 15) is 4.79 Å². The van der Waals surface area contributed by atoms with E-state index in [2.05, 4.69) is 4.98 Å². The predicted octanol–water partition coefficient (Wildman–Crippen LogP) is 4.70. The van der Waals surface area contributed by atoms with Crippen LogP contribution in [0.2, 0.25) is 5.02 Å². The van der Waals surface area contributed by atoms with Crippen LogP contribution >= 0.6 is 34.7 Å². The SMILES string of the molecule is CN(Cc1ccccc1)C(=O)CSc1nc2cc(Cl)ccc2s1. The molecule has 0 radical (unpaired) electrons. The molecule has 0 fully saturated rings. The lowest BCUT2D eigenvalue weighted by molar-refractivity contribution is -0.127. The van der Waals surface area contributed by atoms with Gasteiger partial charge < -0.3 is 4.90 Å². The fourth-order valence-electron chi connectivity index (χ4n) is 2.12. The highest BCUT2D eigenvalue weighted by Crippen LogP contribution is 2.31. The Bertz CT molecular complexity index is 820. The predicted molar refractivity (Wildman–Crippen MR) is 98.3 cm³/mol. The van der Waals surface area contributed by atoms with Crippen LogP contribution in [0.1, 0.15) is 5.56 Å². The Hall–Kier alpha value is -1.56. The van der Waals surface area contributed by atoms with Crippen LogP contribution in [0, 0.1) is 0 Å². The number of aromatic nitrogens is 1. The van der Waals surface area contributed by atoms with Gasteiger partial charge in [0.25, 0.3) is 0 Å². The molecule has 118 valence electrons. The van der Waals surface area contributed by atoms with Crippen molar-refractivity contribution >= 4 is 50.8 Å². The molecule has 0 bridgehead atoms. The number of nitrogens with zero attached hydrogens (tertiary/aromatic N) is 2. The molecular weight excluding hydrogens is 348 g/mol. The maximum absolute atomic E-state index is 12.3. The molecule has 0 spiro atoms. The number of thioether (sulfide) groups is 1. The highest BCUT2D eigenvalue weighted by molar-refractivity contribution is 8.01. The van der Waals surface area contributed by atoms with Gasteiger partial charge in [0.15, 0.2) is 4.34 Å². The number of rotatable bonds is 5. The van der Waals surface area contributed by atoms with Gasteiger partial charge in [0.05, 0.1) is 16.0 Å². The zero-order valence-electron chi connectivity index (χ0n) is 12.5. The molecule has 0 aliphatic heterocycles. The highest BCUT2D eigenvalue weighted by atomic mass is 35.5. The molecule has 6 heteroatoms. The topological polar surface area (TPSA) is 33.2 Å². The van der Waals surface area contributed by atoms with Crippen LogP contribution in [0.4, 0.5) is 0 Å². The smallest absolute Gasteiger partial charge is 0.233 e. The fourth-order valence-corrected chi connectivity index (χ4v) is 4.28. The van der Waals surface area contributed by atoms with Crippen molar-refractivity contribution in [1.82, 2.24) is 9.88 Å². The van der Waals surface area contributed by atoms with Gasteiger partial charge in [-0.15, -0.1) is 11.3 Å². The summed E-state index contributed by atoms with van der Waals surface area (Å²) < 4.78 is 1.98. The minimum atomic E-state index is 0.0936. The summed E-state index contributed by atoms with van der Waals surface area (Å²) in [6.45, 7) is 0.621. The molecule has 23 heavy (non-hydrogen) atoms. The number of hydrogen-bond acceptors (Lipinski definition) is 4. The van der Waals surface area contributed by atoms with E-state index >= 15 is 0 Å². The van der Waals surface area contributed by atoms with Gasteiger partial charge in [-0.1, -0.05) is 53.7 Å². The average molecular weight is 363 g/mol. The average Bonchev–Trinajstić information content (AvgIpc) is 2.95. The summed E-state index contributed by atoms with van der Waals surface area (Å²) in [6, 6.07) is 15.6. The second-order valence-electron chi connectivity index (χ2n) is 5.12. The molecule has 3 rings (SSSR count). The minimum Gasteiger partial charge on any atom is -0.341 e. The number of amides is 1. The third kappa shape index (κ3) is 4.25. The van der Waals surface area contributed by atoms with E-state index < -0.39 is 0 Å². The molecule has 0 saturated carbocycles. The maximum atomic E-state index is 12.3. The van der Waals surface area contributed by atoms with Crippen LogP contribution in [-0.4, -0.2) is 28.6 Å². The molecule has 0 atom stereocenters. The molecule has 0 aliphatic rings. The lowest BCUT2D eigenvalue weighted by atomic mass is 10.2. The van der Waals surface area contributed by atoms with Crippen molar-refractivity contribution in [3.8, 4) is 0 Å². The van der Waals surface area contributed by atoms with Crippen molar-refractivity contribution in [3.63, 3.8) is 0 Å². The van der Waals surface area contributed by atoms with Crippen LogP contribution in [-0.2, 0) is 11.3 Å². The Morgan fingerprint density at radius 2 is 2.04 bits per heavy atom. The largest absolute Gasteiger partial charge is 0.341 e. The molecule has 3 aromatic rings. The van der Waals surface area contributed by atoms with Crippen LogP contribution in [0.3, 0.4) is 0 Å². The lowest BCUT2D eigenvalue weighted by Gasteiger charge is -2.16. The van der Waals surface area contributed by atoms with Crippen molar-refractivity contribution in [2.45, 2.75) is 10.9 Å². The number of carbonyl (C=O) groups excluding carboxylic acids is 1. The Labute approximate surface area is 148 Å². The Morgan fingerprint density at radius 3 is 2.83 bits per heavy atom. The third-order valence-electron chi connectivity index (χ3n) is 3.34. The van der Waals surface area contributed by atoms with E-state index in [1.54, 1.807) is 16.2 Å². The summed E-state index contributed by atoms with van der Waals surface area (Å²) >= 11 is 9.03. The molecule has 1 heterocycles. The Kier molecular flexibility index (Phi) is 5.20. The number of thiazole rings is 1. The van der Waals surface area contributed by atoms with Crippen LogP contribution in [0.5, 0.6) is 0 Å². The van der Waals surface area contributed by atoms with Crippen molar-refractivity contribution in [1.29, 1.82) is 0 Å². The fraction of sp³-hybridized carbons (Fsp3) is 0.176. The summed E-state index contributed by atoms with van der Waals surface area (Å²) in [5.74, 6) is 0.479. The number of halogens is 1. The van der Waals surface area contributed by atoms with Gasteiger partial charge in [0, 0.05) is 18.6 Å². The molecule has 0 N–H and O–H groups in total. The quantitative estimate of drug-likeness (QED) is 0.617. The molecule has 0 saturated heterocycles. The number of fused-ring (bicyclic) bond motifs is 1.